The van der Waals surface area contributed by atoms with E-state index in [1.807, 2.05) is 26.0 Å². The third kappa shape index (κ3) is 4.21. The Morgan fingerprint density at radius 1 is 1.48 bits per heavy atom. The van der Waals surface area contributed by atoms with Gasteiger partial charge in [-0.2, -0.15) is 0 Å². The van der Waals surface area contributed by atoms with Crippen LogP contribution in [0, 0.1) is 18.8 Å². The van der Waals surface area contributed by atoms with Crippen molar-refractivity contribution in [2.45, 2.75) is 33.7 Å². The van der Waals surface area contributed by atoms with E-state index in [4.69, 9.17) is 4.74 Å². The van der Waals surface area contributed by atoms with E-state index in [-0.39, 0.29) is 11.8 Å². The van der Waals surface area contributed by atoms with Gasteiger partial charge < -0.3 is 15.4 Å². The lowest BCUT2D eigenvalue weighted by Gasteiger charge is -2.31. The first-order valence-corrected chi connectivity index (χ1v) is 7.82. The molecule has 2 N–H and O–H groups in total. The lowest BCUT2D eigenvalue weighted by Crippen LogP contribution is -2.49. The maximum absolute atomic E-state index is 12.2. The molecule has 0 saturated carbocycles. The minimum Gasteiger partial charge on any atom is -0.493 e. The molecule has 1 aliphatic heterocycles. The topological polar surface area (TPSA) is 50.4 Å². The Bertz CT molecular complexity index is 484. The van der Waals surface area contributed by atoms with E-state index in [1.54, 1.807) is 0 Å². The Kier molecular flexibility index (Phi) is 5.62. The number of rotatable bonds is 7. The van der Waals surface area contributed by atoms with E-state index >= 15 is 0 Å². The van der Waals surface area contributed by atoms with Crippen LogP contribution in [-0.2, 0) is 11.3 Å². The molecular weight excluding hydrogens is 264 g/mol. The van der Waals surface area contributed by atoms with Crippen molar-refractivity contribution >= 4 is 5.91 Å². The average Bonchev–Trinajstić information content (AvgIpc) is 2.41. The Hall–Kier alpha value is -1.55. The van der Waals surface area contributed by atoms with E-state index in [0.717, 1.165) is 30.8 Å². The molecule has 0 aliphatic carbocycles. The summed E-state index contributed by atoms with van der Waals surface area (Å²) >= 11 is 0. The summed E-state index contributed by atoms with van der Waals surface area (Å²) < 4.78 is 5.78. The summed E-state index contributed by atoms with van der Waals surface area (Å²) in [6.07, 6.45) is 0.978. The summed E-state index contributed by atoms with van der Waals surface area (Å²) in [7, 11) is 0. The maximum atomic E-state index is 12.2. The van der Waals surface area contributed by atoms with Crippen molar-refractivity contribution in [2.75, 3.05) is 19.7 Å². The molecule has 1 heterocycles. The van der Waals surface area contributed by atoms with Gasteiger partial charge in [0.15, 0.2) is 0 Å². The molecule has 1 amide bonds. The number of benzene rings is 1. The van der Waals surface area contributed by atoms with Gasteiger partial charge in [-0.25, -0.2) is 0 Å². The highest BCUT2D eigenvalue weighted by atomic mass is 16.5. The summed E-state index contributed by atoms with van der Waals surface area (Å²) in [6.45, 7) is 9.27. The van der Waals surface area contributed by atoms with Crippen LogP contribution >= 0.6 is 0 Å². The van der Waals surface area contributed by atoms with Crippen LogP contribution in [0.5, 0.6) is 5.75 Å². The van der Waals surface area contributed by atoms with Crippen LogP contribution in [0.1, 0.15) is 31.4 Å². The summed E-state index contributed by atoms with van der Waals surface area (Å²) in [4.78, 5) is 12.2. The summed E-state index contributed by atoms with van der Waals surface area (Å²) in [5.41, 5.74) is 2.21. The van der Waals surface area contributed by atoms with Gasteiger partial charge in [0.1, 0.15) is 5.75 Å². The van der Waals surface area contributed by atoms with Crippen LogP contribution in [0.2, 0.25) is 0 Å². The van der Waals surface area contributed by atoms with Crippen LogP contribution in [0.15, 0.2) is 18.2 Å². The third-order valence-corrected chi connectivity index (χ3v) is 4.07. The van der Waals surface area contributed by atoms with Crippen molar-refractivity contribution in [1.29, 1.82) is 0 Å². The molecule has 0 spiro atoms. The fraction of sp³-hybridized carbons (Fsp3) is 0.588. The molecule has 1 aliphatic rings. The van der Waals surface area contributed by atoms with Gasteiger partial charge in [0, 0.05) is 18.0 Å². The average molecular weight is 290 g/mol. The number of hydrogen-bond donors (Lipinski definition) is 2. The highest BCUT2D eigenvalue weighted by molar-refractivity contribution is 5.78. The zero-order chi connectivity index (χ0) is 15.2. The smallest absolute Gasteiger partial charge is 0.223 e. The molecule has 0 radical (unpaired) electrons. The molecule has 1 aromatic rings. The second-order valence-electron chi connectivity index (χ2n) is 5.88. The Labute approximate surface area is 127 Å². The van der Waals surface area contributed by atoms with Gasteiger partial charge in [-0.15, -0.1) is 0 Å². The highest BCUT2D eigenvalue weighted by Crippen LogP contribution is 2.21. The molecule has 21 heavy (non-hydrogen) atoms. The number of aryl methyl sites for hydroxylation is 1. The Morgan fingerprint density at radius 3 is 2.86 bits per heavy atom. The number of nitrogens with one attached hydrogen (secondary N) is 2. The number of ether oxygens (including phenoxy) is 1. The molecule has 1 fully saturated rings. The second kappa shape index (κ2) is 7.46. The van der Waals surface area contributed by atoms with E-state index in [1.165, 1.54) is 5.56 Å². The van der Waals surface area contributed by atoms with Gasteiger partial charge in [-0.3, -0.25) is 4.79 Å². The van der Waals surface area contributed by atoms with E-state index in [2.05, 4.69) is 23.6 Å². The largest absolute Gasteiger partial charge is 0.493 e. The van der Waals surface area contributed by atoms with Crippen molar-refractivity contribution in [3.8, 4) is 5.75 Å². The van der Waals surface area contributed by atoms with Crippen LogP contribution in [0.4, 0.5) is 0 Å². The first-order chi connectivity index (χ1) is 10.1. The molecule has 1 saturated heterocycles. The van der Waals surface area contributed by atoms with Gasteiger partial charge in [0.2, 0.25) is 5.91 Å². The fourth-order valence-corrected chi connectivity index (χ4v) is 2.38. The van der Waals surface area contributed by atoms with E-state index in [0.29, 0.717) is 19.1 Å². The van der Waals surface area contributed by atoms with Crippen LogP contribution in [0.3, 0.4) is 0 Å². The summed E-state index contributed by atoms with van der Waals surface area (Å²) in [5, 5.41) is 6.25. The molecule has 1 atom stereocenters. The van der Waals surface area contributed by atoms with Crippen molar-refractivity contribution in [2.24, 2.45) is 11.8 Å². The Balaban J connectivity index is 1.93. The maximum Gasteiger partial charge on any atom is 0.223 e. The van der Waals surface area contributed by atoms with Crippen molar-refractivity contribution < 1.29 is 9.53 Å². The Morgan fingerprint density at radius 2 is 2.24 bits per heavy atom. The van der Waals surface area contributed by atoms with Gasteiger partial charge >= 0.3 is 0 Å². The normalized spacial score (nSPS) is 16.1. The molecule has 4 heteroatoms. The van der Waals surface area contributed by atoms with Crippen LogP contribution < -0.4 is 15.4 Å². The fourth-order valence-electron chi connectivity index (χ4n) is 2.38. The standard InChI is InChI=1S/C17H26N2O2/c1-4-7-21-16-8-12(2)5-6-14(16)11-19-17(20)13(3)15-9-18-10-15/h5-6,8,13,15,18H,4,7,9-11H2,1-3H3,(H,19,20). The second-order valence-corrected chi connectivity index (χ2v) is 5.88. The zero-order valence-electron chi connectivity index (χ0n) is 13.2. The molecule has 0 bridgehead atoms. The lowest BCUT2D eigenvalue weighted by atomic mass is 9.88. The van der Waals surface area contributed by atoms with Crippen LogP contribution in [0.25, 0.3) is 0 Å². The van der Waals surface area contributed by atoms with Gasteiger partial charge in [-0.05, 0) is 44.0 Å². The number of carbonyl (C=O) groups excluding carboxylic acids is 1. The molecular formula is C17H26N2O2. The molecule has 116 valence electrons. The molecule has 1 aromatic carbocycles. The molecule has 0 aromatic heterocycles. The predicted molar refractivity (Wildman–Crippen MR) is 84.3 cm³/mol. The van der Waals surface area contributed by atoms with Crippen molar-refractivity contribution in [3.05, 3.63) is 29.3 Å². The summed E-state index contributed by atoms with van der Waals surface area (Å²) in [6, 6.07) is 6.13. The third-order valence-electron chi connectivity index (χ3n) is 4.07. The number of amides is 1. The molecule has 2 rings (SSSR count). The monoisotopic (exact) mass is 290 g/mol. The van der Waals surface area contributed by atoms with E-state index < -0.39 is 0 Å². The predicted octanol–water partition coefficient (Wildman–Crippen LogP) is 2.26. The lowest BCUT2D eigenvalue weighted by molar-refractivity contribution is -0.126. The minimum atomic E-state index is 0.0664. The summed E-state index contributed by atoms with van der Waals surface area (Å²) in [5.74, 6) is 1.55. The highest BCUT2D eigenvalue weighted by Gasteiger charge is 2.28. The zero-order valence-corrected chi connectivity index (χ0v) is 13.2. The SMILES string of the molecule is CCCOc1cc(C)ccc1CNC(=O)C(C)C1CNC1. The number of carbonyl (C=O) groups is 1. The van der Waals surface area contributed by atoms with Gasteiger partial charge in [0.25, 0.3) is 0 Å². The minimum absolute atomic E-state index is 0.0664. The number of hydrogen-bond acceptors (Lipinski definition) is 3. The van der Waals surface area contributed by atoms with Crippen LogP contribution in [-0.4, -0.2) is 25.6 Å². The quantitative estimate of drug-likeness (QED) is 0.810. The van der Waals surface area contributed by atoms with Crippen molar-refractivity contribution in [1.82, 2.24) is 10.6 Å². The first-order valence-electron chi connectivity index (χ1n) is 7.82. The molecule has 4 nitrogen and oxygen atoms in total. The molecule has 1 unspecified atom stereocenters. The first kappa shape index (κ1) is 15.8. The van der Waals surface area contributed by atoms with Gasteiger partial charge in [-0.1, -0.05) is 26.0 Å². The van der Waals surface area contributed by atoms with E-state index in [9.17, 15) is 4.79 Å². The van der Waals surface area contributed by atoms with Crippen molar-refractivity contribution in [3.63, 3.8) is 0 Å². The van der Waals surface area contributed by atoms with Gasteiger partial charge in [0.05, 0.1) is 6.61 Å².